The molecule has 104 valence electrons. The van der Waals surface area contributed by atoms with Crippen LogP contribution < -0.4 is 10.2 Å². The summed E-state index contributed by atoms with van der Waals surface area (Å²) in [6.45, 7) is 3.99. The first-order valence-electron chi connectivity index (χ1n) is 6.35. The van der Waals surface area contributed by atoms with E-state index in [9.17, 15) is 4.79 Å². The average Bonchev–Trinajstić information content (AvgIpc) is 2.42. The predicted molar refractivity (Wildman–Crippen MR) is 80.2 cm³/mol. The first-order valence-corrected chi connectivity index (χ1v) is 6.35. The second-order valence-electron chi connectivity index (χ2n) is 4.94. The smallest absolute Gasteiger partial charge is 0.258 e. The molecular weight excluding hydrogens is 252 g/mol. The molecule has 20 heavy (non-hydrogen) atoms. The molecule has 1 heterocycles. The molecule has 2 rings (SSSR count). The van der Waals surface area contributed by atoms with Gasteiger partial charge >= 0.3 is 0 Å². The molecule has 0 radical (unpaired) electrons. The third-order valence-electron chi connectivity index (χ3n) is 2.93. The highest BCUT2D eigenvalue weighted by Crippen LogP contribution is 2.17. The van der Waals surface area contributed by atoms with E-state index >= 15 is 0 Å². The number of anilines is 2. The highest BCUT2D eigenvalue weighted by atomic mass is 16.1. The zero-order valence-electron chi connectivity index (χ0n) is 12.1. The molecule has 1 N–H and O–H groups in total. The summed E-state index contributed by atoms with van der Waals surface area (Å²) >= 11 is 0. The van der Waals surface area contributed by atoms with Crippen LogP contribution in [0, 0.1) is 13.8 Å². The number of rotatable bonds is 3. The summed E-state index contributed by atoms with van der Waals surface area (Å²) in [5.74, 6) is 0.371. The van der Waals surface area contributed by atoms with Crippen LogP contribution in [0.4, 0.5) is 11.6 Å². The van der Waals surface area contributed by atoms with Gasteiger partial charge in [0.25, 0.3) is 5.91 Å². The van der Waals surface area contributed by atoms with E-state index in [0.29, 0.717) is 11.5 Å². The Bertz CT molecular complexity index is 620. The number of amides is 1. The monoisotopic (exact) mass is 270 g/mol. The van der Waals surface area contributed by atoms with Crippen molar-refractivity contribution in [1.82, 2.24) is 9.97 Å². The van der Waals surface area contributed by atoms with Gasteiger partial charge in [0.15, 0.2) is 0 Å². The number of carbonyl (C=O) groups excluding carboxylic acids is 1. The first kappa shape index (κ1) is 14.0. The first-order chi connectivity index (χ1) is 9.47. The Morgan fingerprint density at radius 1 is 1.15 bits per heavy atom. The summed E-state index contributed by atoms with van der Waals surface area (Å²) in [5.41, 5.74) is 3.44. The Hall–Kier alpha value is -2.43. The Labute approximate surface area is 118 Å². The maximum absolute atomic E-state index is 12.1. The molecule has 2 aromatic rings. The molecule has 1 aromatic carbocycles. The van der Waals surface area contributed by atoms with Crippen molar-refractivity contribution in [1.29, 1.82) is 0 Å². The minimum atomic E-state index is -0.206. The van der Waals surface area contributed by atoms with Gasteiger partial charge < -0.3 is 10.2 Å². The fourth-order valence-electron chi connectivity index (χ4n) is 1.82. The van der Waals surface area contributed by atoms with E-state index in [2.05, 4.69) is 15.3 Å². The summed E-state index contributed by atoms with van der Waals surface area (Å²) in [6, 6.07) is 5.90. The van der Waals surface area contributed by atoms with Gasteiger partial charge in [-0.3, -0.25) is 4.79 Å². The number of aryl methyl sites for hydroxylation is 2. The average molecular weight is 270 g/mol. The van der Waals surface area contributed by atoms with E-state index in [1.165, 1.54) is 18.0 Å². The van der Waals surface area contributed by atoms with E-state index in [4.69, 9.17) is 0 Å². The van der Waals surface area contributed by atoms with E-state index < -0.39 is 0 Å². The van der Waals surface area contributed by atoms with Crippen molar-refractivity contribution in [2.75, 3.05) is 24.3 Å². The molecule has 0 fully saturated rings. The lowest BCUT2D eigenvalue weighted by Gasteiger charge is -2.11. The van der Waals surface area contributed by atoms with Crippen LogP contribution in [0.3, 0.4) is 0 Å². The molecule has 0 aliphatic rings. The lowest BCUT2D eigenvalue weighted by Crippen LogP contribution is -2.16. The number of hydrogen-bond donors (Lipinski definition) is 1. The van der Waals surface area contributed by atoms with Crippen LogP contribution in [-0.2, 0) is 0 Å². The van der Waals surface area contributed by atoms with Gasteiger partial charge in [0, 0.05) is 32.2 Å². The third-order valence-corrected chi connectivity index (χ3v) is 2.93. The standard InChI is InChI=1S/C15H18N4O/c1-10-5-6-13(11(2)7-10)18-14(20)12-8-16-15(17-9-12)19(3)4/h5-9H,1-4H3,(H,18,20). The number of hydrogen-bond acceptors (Lipinski definition) is 4. The molecule has 5 heteroatoms. The van der Waals surface area contributed by atoms with Crippen molar-refractivity contribution in [3.63, 3.8) is 0 Å². The number of nitrogens with one attached hydrogen (secondary N) is 1. The number of aromatic nitrogens is 2. The van der Waals surface area contributed by atoms with Crippen molar-refractivity contribution in [3.05, 3.63) is 47.3 Å². The van der Waals surface area contributed by atoms with Crippen molar-refractivity contribution in [2.45, 2.75) is 13.8 Å². The highest BCUT2D eigenvalue weighted by molar-refractivity contribution is 6.04. The molecular formula is C15H18N4O. The molecule has 0 aliphatic heterocycles. The lowest BCUT2D eigenvalue weighted by molar-refractivity contribution is 0.102. The predicted octanol–water partition coefficient (Wildman–Crippen LogP) is 2.41. The van der Waals surface area contributed by atoms with Crippen LogP contribution >= 0.6 is 0 Å². The topological polar surface area (TPSA) is 58.1 Å². The Balaban J connectivity index is 2.15. The fourth-order valence-corrected chi connectivity index (χ4v) is 1.82. The largest absolute Gasteiger partial charge is 0.347 e. The fraction of sp³-hybridized carbons (Fsp3) is 0.267. The number of nitrogens with zero attached hydrogens (tertiary/aromatic N) is 3. The molecule has 1 amide bonds. The third kappa shape index (κ3) is 3.12. The van der Waals surface area contributed by atoms with Gasteiger partial charge in [-0.15, -0.1) is 0 Å². The Morgan fingerprint density at radius 2 is 1.80 bits per heavy atom. The highest BCUT2D eigenvalue weighted by Gasteiger charge is 2.09. The van der Waals surface area contributed by atoms with Gasteiger partial charge in [0.05, 0.1) is 5.56 Å². The maximum Gasteiger partial charge on any atom is 0.258 e. The molecule has 0 spiro atoms. The van der Waals surface area contributed by atoms with E-state index in [1.807, 2.05) is 46.1 Å². The van der Waals surface area contributed by atoms with Crippen LogP contribution in [0.1, 0.15) is 21.5 Å². The van der Waals surface area contributed by atoms with Crippen LogP contribution in [-0.4, -0.2) is 30.0 Å². The van der Waals surface area contributed by atoms with Crippen LogP contribution in [0.25, 0.3) is 0 Å². The van der Waals surface area contributed by atoms with Gasteiger partial charge in [-0.1, -0.05) is 17.7 Å². The zero-order chi connectivity index (χ0) is 14.7. The summed E-state index contributed by atoms with van der Waals surface area (Å²) in [7, 11) is 3.70. The maximum atomic E-state index is 12.1. The Morgan fingerprint density at radius 3 is 2.35 bits per heavy atom. The van der Waals surface area contributed by atoms with E-state index in [0.717, 1.165) is 11.3 Å². The minimum absolute atomic E-state index is 0.206. The molecule has 0 bridgehead atoms. The summed E-state index contributed by atoms with van der Waals surface area (Å²) in [6.07, 6.45) is 3.06. The minimum Gasteiger partial charge on any atom is -0.347 e. The van der Waals surface area contributed by atoms with E-state index in [-0.39, 0.29) is 5.91 Å². The quantitative estimate of drug-likeness (QED) is 0.930. The molecule has 1 aromatic heterocycles. The second kappa shape index (κ2) is 5.69. The van der Waals surface area contributed by atoms with Crippen molar-refractivity contribution in [3.8, 4) is 0 Å². The SMILES string of the molecule is Cc1ccc(NC(=O)c2cnc(N(C)C)nc2)c(C)c1. The molecule has 0 saturated carbocycles. The second-order valence-corrected chi connectivity index (χ2v) is 4.94. The van der Waals surface area contributed by atoms with Crippen LogP contribution in [0.15, 0.2) is 30.6 Å². The molecule has 0 atom stereocenters. The van der Waals surface area contributed by atoms with Gasteiger partial charge in [-0.05, 0) is 25.5 Å². The zero-order valence-corrected chi connectivity index (χ0v) is 12.1. The van der Waals surface area contributed by atoms with Crippen molar-refractivity contribution < 1.29 is 4.79 Å². The van der Waals surface area contributed by atoms with Crippen molar-refractivity contribution in [2.24, 2.45) is 0 Å². The number of benzene rings is 1. The molecule has 0 aliphatic carbocycles. The normalized spacial score (nSPS) is 10.2. The van der Waals surface area contributed by atoms with Crippen molar-refractivity contribution >= 4 is 17.5 Å². The number of carbonyl (C=O) groups is 1. The van der Waals surface area contributed by atoms with Gasteiger partial charge in [0.1, 0.15) is 0 Å². The molecule has 0 saturated heterocycles. The van der Waals surface area contributed by atoms with Crippen LogP contribution in [0.2, 0.25) is 0 Å². The summed E-state index contributed by atoms with van der Waals surface area (Å²) in [5, 5.41) is 2.87. The lowest BCUT2D eigenvalue weighted by atomic mass is 10.1. The summed E-state index contributed by atoms with van der Waals surface area (Å²) < 4.78 is 0. The molecule has 0 unspecified atom stereocenters. The Kier molecular flexibility index (Phi) is 3.98. The summed E-state index contributed by atoms with van der Waals surface area (Å²) in [4.78, 5) is 22.2. The van der Waals surface area contributed by atoms with E-state index in [1.54, 1.807) is 4.90 Å². The van der Waals surface area contributed by atoms with Crippen LogP contribution in [0.5, 0.6) is 0 Å². The van der Waals surface area contributed by atoms with Gasteiger partial charge in [-0.25, -0.2) is 9.97 Å². The van der Waals surface area contributed by atoms with Gasteiger partial charge in [0.2, 0.25) is 5.95 Å². The molecule has 5 nitrogen and oxygen atoms in total. The van der Waals surface area contributed by atoms with Gasteiger partial charge in [-0.2, -0.15) is 0 Å².